The largest absolute Gasteiger partial charge is 0.398 e. The molecule has 1 atom stereocenters. The molecule has 2 rings (SSSR count). The fourth-order valence-electron chi connectivity index (χ4n) is 1.75. The molecule has 1 unspecified atom stereocenters. The van der Waals surface area contributed by atoms with E-state index in [-0.39, 0.29) is 11.8 Å². The maximum Gasteiger partial charge on any atom is 0.231 e. The Balaban J connectivity index is 2.10. The maximum absolute atomic E-state index is 12.1. The molecule has 2 aromatic carbocycles. The van der Waals surface area contributed by atoms with E-state index in [1.807, 2.05) is 37.3 Å². The van der Waals surface area contributed by atoms with Crippen LogP contribution in [0.2, 0.25) is 5.02 Å². The van der Waals surface area contributed by atoms with Gasteiger partial charge < -0.3 is 11.1 Å². The summed E-state index contributed by atoms with van der Waals surface area (Å²) < 4.78 is 0. The first-order valence-electron chi connectivity index (χ1n) is 5.99. The number of hydrogen-bond donors (Lipinski definition) is 2. The van der Waals surface area contributed by atoms with E-state index in [4.69, 9.17) is 17.3 Å². The predicted molar refractivity (Wildman–Crippen MR) is 79.4 cm³/mol. The highest BCUT2D eigenvalue weighted by atomic mass is 35.5. The van der Waals surface area contributed by atoms with Crippen LogP contribution in [0.3, 0.4) is 0 Å². The van der Waals surface area contributed by atoms with Gasteiger partial charge in [-0.25, -0.2) is 0 Å². The lowest BCUT2D eigenvalue weighted by molar-refractivity contribution is -0.117. The minimum absolute atomic E-state index is 0.0768. The van der Waals surface area contributed by atoms with E-state index in [0.717, 1.165) is 5.56 Å². The van der Waals surface area contributed by atoms with Crippen LogP contribution in [0.1, 0.15) is 18.4 Å². The van der Waals surface area contributed by atoms with Crippen LogP contribution in [0.25, 0.3) is 0 Å². The van der Waals surface area contributed by atoms with Gasteiger partial charge in [-0.1, -0.05) is 41.9 Å². The third-order valence-electron chi connectivity index (χ3n) is 2.96. The van der Waals surface area contributed by atoms with E-state index in [0.29, 0.717) is 16.4 Å². The van der Waals surface area contributed by atoms with Crippen molar-refractivity contribution in [2.75, 3.05) is 11.1 Å². The summed E-state index contributed by atoms with van der Waals surface area (Å²) in [5.41, 5.74) is 7.74. The molecule has 4 heteroatoms. The Bertz CT molecular complexity index is 584. The summed E-state index contributed by atoms with van der Waals surface area (Å²) in [7, 11) is 0. The van der Waals surface area contributed by atoms with Gasteiger partial charge in [-0.3, -0.25) is 4.79 Å². The standard InChI is InChI=1S/C15H15ClN2O/c1-10(11-5-3-2-4-6-11)15(19)18-12-7-8-14(17)13(16)9-12/h2-10H,17H2,1H3,(H,18,19). The first-order valence-corrected chi connectivity index (χ1v) is 6.36. The topological polar surface area (TPSA) is 55.1 Å². The Morgan fingerprint density at radius 1 is 1.21 bits per heavy atom. The molecule has 0 saturated carbocycles. The van der Waals surface area contributed by atoms with Crippen LogP contribution in [0.5, 0.6) is 0 Å². The van der Waals surface area contributed by atoms with Crippen molar-refractivity contribution in [3.63, 3.8) is 0 Å². The zero-order valence-electron chi connectivity index (χ0n) is 10.6. The number of halogens is 1. The number of carbonyl (C=O) groups excluding carboxylic acids is 1. The summed E-state index contributed by atoms with van der Waals surface area (Å²) in [6.45, 7) is 1.86. The molecule has 0 radical (unpaired) electrons. The molecule has 98 valence electrons. The number of amides is 1. The Hall–Kier alpha value is -2.00. The molecule has 3 N–H and O–H groups in total. The maximum atomic E-state index is 12.1. The third-order valence-corrected chi connectivity index (χ3v) is 3.29. The van der Waals surface area contributed by atoms with Gasteiger partial charge >= 0.3 is 0 Å². The zero-order valence-corrected chi connectivity index (χ0v) is 11.3. The van der Waals surface area contributed by atoms with Gasteiger partial charge in [0.1, 0.15) is 0 Å². The summed E-state index contributed by atoms with van der Waals surface area (Å²) in [6.07, 6.45) is 0. The van der Waals surface area contributed by atoms with Crippen molar-refractivity contribution in [1.82, 2.24) is 0 Å². The van der Waals surface area contributed by atoms with Crippen molar-refractivity contribution >= 4 is 28.9 Å². The van der Waals surface area contributed by atoms with Crippen LogP contribution >= 0.6 is 11.6 Å². The van der Waals surface area contributed by atoms with Gasteiger partial charge in [0, 0.05) is 5.69 Å². The Morgan fingerprint density at radius 3 is 2.53 bits per heavy atom. The monoisotopic (exact) mass is 274 g/mol. The molecule has 2 aromatic rings. The zero-order chi connectivity index (χ0) is 13.8. The number of nitrogens with two attached hydrogens (primary N) is 1. The molecule has 0 aliphatic heterocycles. The molecule has 1 amide bonds. The average molecular weight is 275 g/mol. The Kier molecular flexibility index (Phi) is 4.07. The quantitative estimate of drug-likeness (QED) is 0.839. The van der Waals surface area contributed by atoms with Crippen molar-refractivity contribution in [3.8, 4) is 0 Å². The molecule has 3 nitrogen and oxygen atoms in total. The number of anilines is 2. The van der Waals surface area contributed by atoms with E-state index < -0.39 is 0 Å². The first kappa shape index (κ1) is 13.4. The van der Waals surface area contributed by atoms with Gasteiger partial charge in [0.05, 0.1) is 16.6 Å². The van der Waals surface area contributed by atoms with Crippen molar-refractivity contribution in [1.29, 1.82) is 0 Å². The highest BCUT2D eigenvalue weighted by Gasteiger charge is 2.15. The van der Waals surface area contributed by atoms with Gasteiger partial charge in [0.15, 0.2) is 0 Å². The molecule has 0 heterocycles. The fourth-order valence-corrected chi connectivity index (χ4v) is 1.93. The number of rotatable bonds is 3. The second kappa shape index (κ2) is 5.76. The second-order valence-electron chi connectivity index (χ2n) is 4.36. The minimum atomic E-state index is -0.225. The SMILES string of the molecule is CC(C(=O)Nc1ccc(N)c(Cl)c1)c1ccccc1. The van der Waals surface area contributed by atoms with Gasteiger partial charge in [0.2, 0.25) is 5.91 Å². The van der Waals surface area contributed by atoms with E-state index in [1.54, 1.807) is 18.2 Å². The molecule has 0 aliphatic carbocycles. The normalized spacial score (nSPS) is 11.9. The first-order chi connectivity index (χ1) is 9.08. The summed E-state index contributed by atoms with van der Waals surface area (Å²) in [5.74, 6) is -0.301. The lowest BCUT2D eigenvalue weighted by atomic mass is 10.0. The van der Waals surface area contributed by atoms with Gasteiger partial charge in [0.25, 0.3) is 0 Å². The fraction of sp³-hybridized carbons (Fsp3) is 0.133. The highest BCUT2D eigenvalue weighted by molar-refractivity contribution is 6.33. The lowest BCUT2D eigenvalue weighted by Gasteiger charge is -2.13. The van der Waals surface area contributed by atoms with Crippen LogP contribution in [0, 0.1) is 0 Å². The molecule has 0 saturated heterocycles. The number of carbonyl (C=O) groups is 1. The summed E-state index contributed by atoms with van der Waals surface area (Å²) in [6, 6.07) is 14.7. The smallest absolute Gasteiger partial charge is 0.231 e. The number of nitrogens with one attached hydrogen (secondary N) is 1. The van der Waals surface area contributed by atoms with E-state index in [9.17, 15) is 4.79 Å². The molecule has 0 aromatic heterocycles. The molecule has 0 bridgehead atoms. The lowest BCUT2D eigenvalue weighted by Crippen LogP contribution is -2.18. The Labute approximate surface area is 117 Å². The number of hydrogen-bond acceptors (Lipinski definition) is 2. The second-order valence-corrected chi connectivity index (χ2v) is 4.77. The van der Waals surface area contributed by atoms with Gasteiger partial charge in [-0.05, 0) is 30.7 Å². The third kappa shape index (κ3) is 3.26. The summed E-state index contributed by atoms with van der Waals surface area (Å²) in [5, 5.41) is 3.26. The molecule has 0 fully saturated rings. The van der Waals surface area contributed by atoms with Crippen molar-refractivity contribution in [2.45, 2.75) is 12.8 Å². The summed E-state index contributed by atoms with van der Waals surface area (Å²) in [4.78, 5) is 12.1. The van der Waals surface area contributed by atoms with Crippen LogP contribution in [-0.4, -0.2) is 5.91 Å². The van der Waals surface area contributed by atoms with Crippen LogP contribution in [-0.2, 0) is 4.79 Å². The number of nitrogen functional groups attached to an aromatic ring is 1. The van der Waals surface area contributed by atoms with Crippen LogP contribution in [0.4, 0.5) is 11.4 Å². The van der Waals surface area contributed by atoms with Gasteiger partial charge in [-0.2, -0.15) is 0 Å². The molecular weight excluding hydrogens is 260 g/mol. The summed E-state index contributed by atoms with van der Waals surface area (Å²) >= 11 is 5.92. The number of benzene rings is 2. The van der Waals surface area contributed by atoms with Crippen LogP contribution < -0.4 is 11.1 Å². The Morgan fingerprint density at radius 2 is 1.89 bits per heavy atom. The predicted octanol–water partition coefficient (Wildman–Crippen LogP) is 3.66. The van der Waals surface area contributed by atoms with E-state index in [2.05, 4.69) is 5.32 Å². The van der Waals surface area contributed by atoms with E-state index in [1.165, 1.54) is 0 Å². The van der Waals surface area contributed by atoms with Gasteiger partial charge in [-0.15, -0.1) is 0 Å². The molecule has 0 spiro atoms. The van der Waals surface area contributed by atoms with Crippen LogP contribution in [0.15, 0.2) is 48.5 Å². The average Bonchev–Trinajstić information content (AvgIpc) is 2.43. The van der Waals surface area contributed by atoms with Crippen molar-refractivity contribution in [2.24, 2.45) is 0 Å². The molecular formula is C15H15ClN2O. The molecule has 0 aliphatic rings. The molecule has 19 heavy (non-hydrogen) atoms. The van der Waals surface area contributed by atoms with Crippen molar-refractivity contribution < 1.29 is 4.79 Å². The highest BCUT2D eigenvalue weighted by Crippen LogP contribution is 2.24. The minimum Gasteiger partial charge on any atom is -0.398 e. The van der Waals surface area contributed by atoms with E-state index >= 15 is 0 Å². The van der Waals surface area contributed by atoms with Crippen molar-refractivity contribution in [3.05, 3.63) is 59.1 Å².